The molecule has 23 heavy (non-hydrogen) atoms. The third kappa shape index (κ3) is 3.65. The van der Waals surface area contributed by atoms with E-state index in [1.807, 2.05) is 0 Å². The molecule has 1 saturated carbocycles. The number of sulfonamides is 1. The Morgan fingerprint density at radius 2 is 1.96 bits per heavy atom. The van der Waals surface area contributed by atoms with Gasteiger partial charge in [0.05, 0.1) is 37.4 Å². The van der Waals surface area contributed by atoms with Crippen LogP contribution in [0.3, 0.4) is 0 Å². The first-order chi connectivity index (χ1) is 11.0. The van der Waals surface area contributed by atoms with E-state index in [1.54, 1.807) is 0 Å². The summed E-state index contributed by atoms with van der Waals surface area (Å²) in [5.41, 5.74) is 0. The van der Waals surface area contributed by atoms with Gasteiger partial charge in [-0.1, -0.05) is 0 Å². The van der Waals surface area contributed by atoms with Crippen molar-refractivity contribution < 1.29 is 27.0 Å². The smallest absolute Gasteiger partial charge is 0.240 e. The van der Waals surface area contributed by atoms with E-state index in [-0.39, 0.29) is 28.9 Å². The molecule has 3 rings (SSSR count). The van der Waals surface area contributed by atoms with Crippen LogP contribution in [-0.2, 0) is 19.5 Å². The van der Waals surface area contributed by atoms with Gasteiger partial charge < -0.3 is 14.2 Å². The molecule has 3 unspecified atom stereocenters. The van der Waals surface area contributed by atoms with E-state index in [4.69, 9.17) is 14.2 Å². The minimum Gasteiger partial charge on any atom is -0.494 e. The summed E-state index contributed by atoms with van der Waals surface area (Å²) in [6.45, 7) is 1.12. The zero-order valence-electron chi connectivity index (χ0n) is 12.8. The molecule has 1 saturated heterocycles. The summed E-state index contributed by atoms with van der Waals surface area (Å²) in [6.07, 6.45) is 1.93. The third-order valence-corrected chi connectivity index (χ3v) is 5.75. The molecule has 128 valence electrons. The van der Waals surface area contributed by atoms with E-state index in [9.17, 15) is 12.8 Å². The lowest BCUT2D eigenvalue weighted by Crippen LogP contribution is -2.49. The maximum absolute atomic E-state index is 13.7. The standard InChI is InChI=1S/C15H20FNO5S/c1-20-13-5-3-11(9-12(13)16)23(18,19)17-10-2-4-14-15(8-10)22-7-6-21-14/h3,5,9-10,14-15,17H,2,4,6-8H2,1H3. The van der Waals surface area contributed by atoms with Crippen LogP contribution in [-0.4, -0.2) is 47.0 Å². The van der Waals surface area contributed by atoms with Crippen LogP contribution in [0.5, 0.6) is 5.75 Å². The van der Waals surface area contributed by atoms with Gasteiger partial charge in [-0.3, -0.25) is 0 Å². The Hall–Kier alpha value is -1.22. The molecule has 3 atom stereocenters. The van der Waals surface area contributed by atoms with Crippen molar-refractivity contribution in [2.75, 3.05) is 20.3 Å². The van der Waals surface area contributed by atoms with E-state index in [1.165, 1.54) is 19.2 Å². The van der Waals surface area contributed by atoms with E-state index >= 15 is 0 Å². The number of hydrogen-bond acceptors (Lipinski definition) is 5. The Bertz CT molecular complexity index is 666. The fraction of sp³-hybridized carbons (Fsp3) is 0.600. The average molecular weight is 345 g/mol. The lowest BCUT2D eigenvalue weighted by Gasteiger charge is -2.38. The van der Waals surface area contributed by atoms with Crippen molar-refractivity contribution >= 4 is 10.0 Å². The summed E-state index contributed by atoms with van der Waals surface area (Å²) < 4.78 is 57.3. The maximum atomic E-state index is 13.7. The second-order valence-corrected chi connectivity index (χ2v) is 7.46. The largest absolute Gasteiger partial charge is 0.494 e. The third-order valence-electron chi connectivity index (χ3n) is 4.23. The van der Waals surface area contributed by atoms with Gasteiger partial charge in [0.25, 0.3) is 0 Å². The summed E-state index contributed by atoms with van der Waals surface area (Å²) in [6, 6.07) is 3.36. The summed E-state index contributed by atoms with van der Waals surface area (Å²) in [4.78, 5) is -0.112. The monoisotopic (exact) mass is 345 g/mol. The molecule has 6 nitrogen and oxygen atoms in total. The molecule has 0 aromatic heterocycles. The second kappa shape index (κ2) is 6.72. The topological polar surface area (TPSA) is 73.9 Å². The molecule has 2 fully saturated rings. The highest BCUT2D eigenvalue weighted by atomic mass is 32.2. The fourth-order valence-corrected chi connectivity index (χ4v) is 4.37. The van der Waals surface area contributed by atoms with Gasteiger partial charge in [0.1, 0.15) is 0 Å². The highest BCUT2D eigenvalue weighted by molar-refractivity contribution is 7.89. The van der Waals surface area contributed by atoms with Gasteiger partial charge in [0, 0.05) is 6.04 Å². The Labute approximate surface area is 135 Å². The van der Waals surface area contributed by atoms with Crippen molar-refractivity contribution in [1.29, 1.82) is 0 Å². The van der Waals surface area contributed by atoms with Crippen molar-refractivity contribution in [3.05, 3.63) is 24.0 Å². The lowest BCUT2D eigenvalue weighted by atomic mass is 9.90. The van der Waals surface area contributed by atoms with Crippen LogP contribution in [0.15, 0.2) is 23.1 Å². The molecular weight excluding hydrogens is 325 g/mol. The molecule has 8 heteroatoms. The first kappa shape index (κ1) is 16.6. The van der Waals surface area contributed by atoms with Gasteiger partial charge in [0.2, 0.25) is 10.0 Å². The molecule has 1 heterocycles. The first-order valence-corrected chi connectivity index (χ1v) is 9.07. The fourth-order valence-electron chi connectivity index (χ4n) is 3.08. The number of fused-ring (bicyclic) bond motifs is 1. The van der Waals surface area contributed by atoms with E-state index in [0.717, 1.165) is 12.5 Å². The molecule has 0 amide bonds. The molecular formula is C15H20FNO5S. The van der Waals surface area contributed by atoms with Crippen LogP contribution in [0.25, 0.3) is 0 Å². The number of rotatable bonds is 4. The van der Waals surface area contributed by atoms with Crippen molar-refractivity contribution in [3.63, 3.8) is 0 Å². The number of methoxy groups -OCH3 is 1. The van der Waals surface area contributed by atoms with E-state index < -0.39 is 15.8 Å². The molecule has 0 radical (unpaired) electrons. The van der Waals surface area contributed by atoms with Crippen molar-refractivity contribution in [3.8, 4) is 5.75 Å². The quantitative estimate of drug-likeness (QED) is 0.894. The predicted molar refractivity (Wildman–Crippen MR) is 80.4 cm³/mol. The molecule has 1 aliphatic carbocycles. The number of benzene rings is 1. The van der Waals surface area contributed by atoms with Crippen LogP contribution in [0.4, 0.5) is 4.39 Å². The molecule has 1 aromatic carbocycles. The van der Waals surface area contributed by atoms with E-state index in [2.05, 4.69) is 4.72 Å². The number of hydrogen-bond donors (Lipinski definition) is 1. The SMILES string of the molecule is COc1ccc(S(=O)(=O)NC2CCC3OCCOC3C2)cc1F. The van der Waals surface area contributed by atoms with E-state index in [0.29, 0.717) is 26.1 Å². The maximum Gasteiger partial charge on any atom is 0.240 e. The Morgan fingerprint density at radius 1 is 1.22 bits per heavy atom. The normalized spacial score (nSPS) is 28.2. The van der Waals surface area contributed by atoms with Gasteiger partial charge in [0.15, 0.2) is 11.6 Å². The second-order valence-electron chi connectivity index (χ2n) is 5.75. The Morgan fingerprint density at radius 3 is 2.65 bits per heavy atom. The average Bonchev–Trinajstić information content (AvgIpc) is 2.54. The highest BCUT2D eigenvalue weighted by Crippen LogP contribution is 2.28. The predicted octanol–water partition coefficient (Wildman–Crippen LogP) is 1.45. The van der Waals surface area contributed by atoms with Gasteiger partial charge in [-0.25, -0.2) is 17.5 Å². The minimum atomic E-state index is -3.79. The molecule has 2 aliphatic rings. The highest BCUT2D eigenvalue weighted by Gasteiger charge is 2.35. The molecule has 1 aliphatic heterocycles. The van der Waals surface area contributed by atoms with Crippen molar-refractivity contribution in [2.24, 2.45) is 0 Å². The first-order valence-electron chi connectivity index (χ1n) is 7.58. The summed E-state index contributed by atoms with van der Waals surface area (Å²) in [5.74, 6) is -0.694. The van der Waals surface area contributed by atoms with Gasteiger partial charge in [-0.15, -0.1) is 0 Å². The van der Waals surface area contributed by atoms with Crippen molar-refractivity contribution in [1.82, 2.24) is 4.72 Å². The summed E-state index contributed by atoms with van der Waals surface area (Å²) in [7, 11) is -2.46. The van der Waals surface area contributed by atoms with Crippen LogP contribution >= 0.6 is 0 Å². The molecule has 1 aromatic rings. The molecule has 0 spiro atoms. The molecule has 1 N–H and O–H groups in total. The van der Waals surface area contributed by atoms with Crippen LogP contribution < -0.4 is 9.46 Å². The van der Waals surface area contributed by atoms with Crippen LogP contribution in [0.1, 0.15) is 19.3 Å². The zero-order chi connectivity index (χ0) is 16.4. The summed E-state index contributed by atoms with van der Waals surface area (Å²) in [5, 5.41) is 0. The van der Waals surface area contributed by atoms with Crippen LogP contribution in [0, 0.1) is 5.82 Å². The number of halogens is 1. The van der Waals surface area contributed by atoms with Crippen molar-refractivity contribution in [2.45, 2.75) is 42.4 Å². The number of ether oxygens (including phenoxy) is 3. The minimum absolute atomic E-state index is 0.0113. The number of nitrogens with one attached hydrogen (secondary N) is 1. The molecule has 0 bridgehead atoms. The van der Waals surface area contributed by atoms with Crippen LogP contribution in [0.2, 0.25) is 0 Å². The zero-order valence-corrected chi connectivity index (χ0v) is 13.6. The summed E-state index contributed by atoms with van der Waals surface area (Å²) >= 11 is 0. The Kier molecular flexibility index (Phi) is 4.86. The van der Waals surface area contributed by atoms with Gasteiger partial charge >= 0.3 is 0 Å². The van der Waals surface area contributed by atoms with Gasteiger partial charge in [-0.05, 0) is 37.5 Å². The lowest BCUT2D eigenvalue weighted by molar-refractivity contribution is -0.156. The van der Waals surface area contributed by atoms with Gasteiger partial charge in [-0.2, -0.15) is 0 Å². The Balaban J connectivity index is 1.70.